The Labute approximate surface area is 96.0 Å². The van der Waals surface area contributed by atoms with E-state index in [-0.39, 0.29) is 63.3 Å². The maximum Gasteiger partial charge on any atom is 1.00 e. The molecule has 0 bridgehead atoms. The largest absolute Gasteiger partial charge is 1.00 e. The summed E-state index contributed by atoms with van der Waals surface area (Å²) in [7, 11) is 0. The Morgan fingerprint density at radius 2 is 2.11 bits per heavy atom. The van der Waals surface area contributed by atoms with Gasteiger partial charge in [0.15, 0.2) is 0 Å². The molecule has 0 amide bonds. The molecule has 0 aromatic heterocycles. The quantitative estimate of drug-likeness (QED) is 0.409. The molecule has 0 fully saturated rings. The van der Waals surface area contributed by atoms with E-state index < -0.39 is 12.1 Å². The predicted molar refractivity (Wildman–Crippen MR) is 24.9 cm³/mol. The molecule has 0 radical (unpaired) electrons. The van der Waals surface area contributed by atoms with Gasteiger partial charge in [-0.25, -0.2) is 0 Å². The Hall–Kier alpha value is 1.03. The Morgan fingerprint density at radius 3 is 2.11 bits per heavy atom. The van der Waals surface area contributed by atoms with Crippen molar-refractivity contribution < 1.29 is 71.9 Å². The average Bonchev–Trinajstić information content (AvgIpc) is 1.27. The third-order valence-electron chi connectivity index (χ3n) is 0.462. The summed E-state index contributed by atoms with van der Waals surface area (Å²) in [5, 5.41) is 17.8. The average molecular weight is 160 g/mol. The fourth-order valence-corrected chi connectivity index (χ4v) is 0.241. The number of aliphatic hydroxyl groups excluding tert-OH is 1. The first kappa shape index (κ1) is 16.5. The molecule has 0 heterocycles. The van der Waals surface area contributed by atoms with Crippen molar-refractivity contribution in [3.63, 3.8) is 0 Å². The molecule has 3 N–H and O–H groups in total. The first-order valence-corrected chi connectivity index (χ1v) is 2.01. The molecule has 0 aliphatic carbocycles. The summed E-state index contributed by atoms with van der Waals surface area (Å²) in [6, 6.07) is 0. The van der Waals surface area contributed by atoms with Crippen molar-refractivity contribution in [2.75, 3.05) is 0 Å². The second kappa shape index (κ2) is 9.03. The van der Waals surface area contributed by atoms with Crippen molar-refractivity contribution in [3.8, 4) is 0 Å². The first-order valence-electron chi connectivity index (χ1n) is 2.01. The number of rotatable bonds is 2. The molecule has 0 aliphatic rings. The summed E-state index contributed by atoms with van der Waals surface area (Å²) in [4.78, 5) is 9.54. The Kier molecular flexibility index (Phi) is 16.6. The second-order valence-corrected chi connectivity index (χ2v) is 1.43. The first-order chi connectivity index (χ1) is 3.13. The van der Waals surface area contributed by atoms with Gasteiger partial charge >= 0.3 is 51.4 Å². The van der Waals surface area contributed by atoms with E-state index in [2.05, 4.69) is 0 Å². The number of hydrogen-bond acceptors (Lipinski definition) is 3. The smallest absolute Gasteiger partial charge is 0.550 e. The van der Waals surface area contributed by atoms with E-state index in [4.69, 9.17) is 5.11 Å². The minimum Gasteiger partial charge on any atom is -0.550 e. The van der Waals surface area contributed by atoms with Crippen LogP contribution in [0, 0.1) is 0 Å². The normalized spacial score (nSPS) is 10.4. The summed E-state index contributed by atoms with van der Waals surface area (Å²) >= 11 is 0. The summed E-state index contributed by atoms with van der Waals surface area (Å²) in [5.41, 5.74) is 0. The number of carboxylic acid groups (broad SMARTS) is 1. The molecule has 0 aromatic rings. The minimum atomic E-state index is -1.21. The summed E-state index contributed by atoms with van der Waals surface area (Å²) in [6.45, 7) is 1.40. The minimum absolute atomic E-state index is 0. The van der Waals surface area contributed by atoms with Crippen LogP contribution < -0.4 is 56.5 Å². The molecule has 0 saturated heterocycles. The molecular weight excluding hydrogens is 151 g/mol. The molecular formula is C4H9KO4. The van der Waals surface area contributed by atoms with E-state index in [1.165, 1.54) is 6.92 Å². The second-order valence-electron chi connectivity index (χ2n) is 1.43. The van der Waals surface area contributed by atoms with E-state index >= 15 is 0 Å². The molecule has 0 spiro atoms. The topological polar surface area (TPSA) is 91.9 Å². The van der Waals surface area contributed by atoms with Crippen LogP contribution in [0.25, 0.3) is 0 Å². The molecule has 5 heteroatoms. The Morgan fingerprint density at radius 1 is 1.78 bits per heavy atom. The predicted octanol–water partition coefficient (Wildman–Crippen LogP) is -5.31. The van der Waals surface area contributed by atoms with Gasteiger partial charge in [-0.1, -0.05) is 0 Å². The van der Waals surface area contributed by atoms with Crippen LogP contribution >= 0.6 is 0 Å². The van der Waals surface area contributed by atoms with Crippen LogP contribution in [0.15, 0.2) is 0 Å². The molecule has 9 heavy (non-hydrogen) atoms. The number of aliphatic carboxylic acids is 1. The maximum absolute atomic E-state index is 9.54. The van der Waals surface area contributed by atoms with Crippen molar-refractivity contribution in [2.45, 2.75) is 19.4 Å². The monoisotopic (exact) mass is 160 g/mol. The molecule has 50 valence electrons. The number of carbonyl (C=O) groups excluding carboxylic acids is 1. The summed E-state index contributed by atoms with van der Waals surface area (Å²) in [5.74, 6) is -1.21. The van der Waals surface area contributed by atoms with Crippen LogP contribution in [0.3, 0.4) is 0 Å². The van der Waals surface area contributed by atoms with Crippen LogP contribution in [0.4, 0.5) is 0 Å². The number of carbonyl (C=O) groups is 1. The number of hydrogen-bond donors (Lipinski definition) is 1. The van der Waals surface area contributed by atoms with Crippen molar-refractivity contribution in [1.82, 2.24) is 0 Å². The SMILES string of the molecule is CC(O)CC(=O)[O-].O.[K+]. The van der Waals surface area contributed by atoms with Gasteiger partial charge in [0.1, 0.15) is 0 Å². The summed E-state index contributed by atoms with van der Waals surface area (Å²) < 4.78 is 0. The van der Waals surface area contributed by atoms with Gasteiger partial charge in [-0.3, -0.25) is 0 Å². The third-order valence-corrected chi connectivity index (χ3v) is 0.462. The zero-order valence-corrected chi connectivity index (χ0v) is 8.67. The Bertz CT molecular complexity index is 73.0. The van der Waals surface area contributed by atoms with Gasteiger partial charge < -0.3 is 20.5 Å². The molecule has 1 unspecified atom stereocenters. The van der Waals surface area contributed by atoms with E-state index in [1.54, 1.807) is 0 Å². The van der Waals surface area contributed by atoms with Crippen molar-refractivity contribution >= 4 is 5.97 Å². The molecule has 1 atom stereocenters. The van der Waals surface area contributed by atoms with Crippen molar-refractivity contribution in [1.29, 1.82) is 0 Å². The van der Waals surface area contributed by atoms with Crippen molar-refractivity contribution in [2.24, 2.45) is 0 Å². The number of carboxylic acids is 1. The molecule has 0 rings (SSSR count). The van der Waals surface area contributed by atoms with Crippen LogP contribution in [0.5, 0.6) is 0 Å². The summed E-state index contributed by atoms with van der Waals surface area (Å²) in [6.07, 6.45) is -1.06. The van der Waals surface area contributed by atoms with Gasteiger partial charge in [-0.15, -0.1) is 0 Å². The third kappa shape index (κ3) is 17.6. The zero-order chi connectivity index (χ0) is 5.86. The van der Waals surface area contributed by atoms with Gasteiger partial charge in [-0.2, -0.15) is 0 Å². The van der Waals surface area contributed by atoms with E-state index in [9.17, 15) is 9.90 Å². The molecule has 4 nitrogen and oxygen atoms in total. The van der Waals surface area contributed by atoms with Crippen LogP contribution in [-0.4, -0.2) is 22.7 Å². The van der Waals surface area contributed by atoms with E-state index in [1.807, 2.05) is 0 Å². The maximum atomic E-state index is 9.54. The number of aliphatic hydroxyl groups is 1. The van der Waals surface area contributed by atoms with Gasteiger partial charge in [0, 0.05) is 12.4 Å². The van der Waals surface area contributed by atoms with Gasteiger partial charge in [0.2, 0.25) is 0 Å². The Balaban J connectivity index is -0.000000180. The van der Waals surface area contributed by atoms with E-state index in [0.717, 1.165) is 0 Å². The van der Waals surface area contributed by atoms with Crippen LogP contribution in [0.1, 0.15) is 13.3 Å². The zero-order valence-electron chi connectivity index (χ0n) is 5.55. The molecule has 0 aliphatic heterocycles. The molecule has 0 aromatic carbocycles. The van der Waals surface area contributed by atoms with Gasteiger partial charge in [0.05, 0.1) is 6.10 Å². The standard InChI is InChI=1S/C4H8O3.K.H2O/c1-3(5)2-4(6)7;;/h3,5H,2H2,1H3,(H,6,7);;1H2/q;+1;/p-1. The van der Waals surface area contributed by atoms with Crippen molar-refractivity contribution in [3.05, 3.63) is 0 Å². The van der Waals surface area contributed by atoms with Gasteiger partial charge in [0.25, 0.3) is 0 Å². The van der Waals surface area contributed by atoms with Crippen LogP contribution in [0.2, 0.25) is 0 Å². The van der Waals surface area contributed by atoms with E-state index in [0.29, 0.717) is 0 Å². The van der Waals surface area contributed by atoms with Gasteiger partial charge in [-0.05, 0) is 6.92 Å². The fourth-order valence-electron chi connectivity index (χ4n) is 0.241. The molecule has 0 saturated carbocycles. The fraction of sp³-hybridized carbons (Fsp3) is 0.750. The van der Waals surface area contributed by atoms with Crippen LogP contribution in [-0.2, 0) is 4.79 Å².